The molecule has 0 aliphatic heterocycles. The Morgan fingerprint density at radius 1 is 0.676 bits per heavy atom. The number of benzene rings is 4. The van der Waals surface area contributed by atoms with Gasteiger partial charge in [0.25, 0.3) is 5.91 Å². The van der Waals surface area contributed by atoms with Gasteiger partial charge in [-0.15, -0.1) is 0 Å². The molecule has 180 valence electrons. The molecule has 5 nitrogen and oxygen atoms in total. The van der Waals surface area contributed by atoms with Crippen LogP contribution in [0.4, 0.5) is 5.69 Å². The van der Waals surface area contributed by atoms with E-state index in [9.17, 15) is 4.79 Å². The van der Waals surface area contributed by atoms with Gasteiger partial charge >= 0.3 is 0 Å². The van der Waals surface area contributed by atoms with Crippen LogP contribution in [0.5, 0.6) is 0 Å². The van der Waals surface area contributed by atoms with Crippen LogP contribution in [0.25, 0.3) is 45.0 Å². The smallest absolute Gasteiger partial charge is 0.291 e. The highest BCUT2D eigenvalue weighted by Gasteiger charge is 2.15. The summed E-state index contributed by atoms with van der Waals surface area (Å²) in [5.74, 6) is 0.806. The molecule has 0 saturated heterocycles. The molecule has 0 saturated carbocycles. The number of aromatic nitrogens is 1. The summed E-state index contributed by atoms with van der Waals surface area (Å²) in [6.45, 7) is 0. The minimum absolute atomic E-state index is 0.167. The third-order valence-electron chi connectivity index (χ3n) is 5.92. The normalized spacial score (nSPS) is 11.1. The van der Waals surface area contributed by atoms with Crippen LogP contribution >= 0.6 is 23.2 Å². The number of amides is 1. The van der Waals surface area contributed by atoms with E-state index in [1.807, 2.05) is 42.5 Å². The number of rotatable bonds is 5. The Hall–Kier alpha value is -4.32. The first-order chi connectivity index (χ1) is 18.0. The summed E-state index contributed by atoms with van der Waals surface area (Å²) in [6, 6.07) is 32.0. The fraction of sp³-hybridized carbons (Fsp3) is 0. The maximum Gasteiger partial charge on any atom is 0.291 e. The summed E-state index contributed by atoms with van der Waals surface area (Å²) < 4.78 is 11.7. The molecule has 4 aromatic carbocycles. The third kappa shape index (κ3) is 4.75. The topological polar surface area (TPSA) is 68.3 Å². The number of hydrogen-bond donors (Lipinski definition) is 1. The summed E-state index contributed by atoms with van der Waals surface area (Å²) in [7, 11) is 0. The van der Waals surface area contributed by atoms with Crippen LogP contribution < -0.4 is 5.32 Å². The maximum absolute atomic E-state index is 12.8. The van der Waals surface area contributed by atoms with Crippen LogP contribution in [0.15, 0.2) is 112 Å². The standard InChI is InChI=1S/C30H18Cl2N2O3/c31-23-12-10-21(16-24(23)32)26-14-15-28(36-26)29(35)33-22-11-13-27-25(17-22)34-30(37-27)20-8-6-19(7-9-20)18-4-2-1-3-5-18/h1-17H,(H,33,35). The molecule has 6 aromatic rings. The largest absolute Gasteiger partial charge is 0.451 e. The molecule has 0 radical (unpaired) electrons. The number of carbonyl (C=O) groups excluding carboxylic acids is 1. The number of nitrogens with zero attached hydrogens (tertiary/aromatic N) is 1. The van der Waals surface area contributed by atoms with Crippen LogP contribution in [0.3, 0.4) is 0 Å². The van der Waals surface area contributed by atoms with Crippen LogP contribution in [-0.4, -0.2) is 10.9 Å². The lowest BCUT2D eigenvalue weighted by molar-refractivity contribution is 0.0997. The van der Waals surface area contributed by atoms with Crippen molar-refractivity contribution >= 4 is 45.9 Å². The van der Waals surface area contributed by atoms with Crippen molar-refractivity contribution in [3.63, 3.8) is 0 Å². The van der Waals surface area contributed by atoms with Gasteiger partial charge in [0, 0.05) is 16.8 Å². The summed E-state index contributed by atoms with van der Waals surface area (Å²) in [4.78, 5) is 17.4. The van der Waals surface area contributed by atoms with E-state index in [-0.39, 0.29) is 11.7 Å². The number of fused-ring (bicyclic) bond motifs is 1. The van der Waals surface area contributed by atoms with Crippen molar-refractivity contribution in [2.75, 3.05) is 5.32 Å². The van der Waals surface area contributed by atoms with E-state index in [1.54, 1.807) is 48.5 Å². The predicted molar refractivity (Wildman–Crippen MR) is 147 cm³/mol. The summed E-state index contributed by atoms with van der Waals surface area (Å²) >= 11 is 12.1. The van der Waals surface area contributed by atoms with E-state index in [4.69, 9.17) is 32.0 Å². The average Bonchev–Trinajstić information content (AvgIpc) is 3.59. The quantitative estimate of drug-likeness (QED) is 0.244. The Morgan fingerprint density at radius 3 is 2.19 bits per heavy atom. The second-order valence-corrected chi connectivity index (χ2v) is 9.21. The maximum atomic E-state index is 12.8. The van der Waals surface area contributed by atoms with Crippen LogP contribution in [0, 0.1) is 0 Å². The summed E-state index contributed by atoms with van der Waals surface area (Å²) in [5.41, 5.74) is 5.69. The molecule has 2 heterocycles. The minimum Gasteiger partial charge on any atom is -0.451 e. The molecule has 0 aliphatic carbocycles. The Bertz CT molecular complexity index is 1740. The SMILES string of the molecule is O=C(Nc1ccc2oc(-c3ccc(-c4ccccc4)cc3)nc2c1)c1ccc(-c2ccc(Cl)c(Cl)c2)o1. The lowest BCUT2D eigenvalue weighted by Gasteiger charge is -2.03. The summed E-state index contributed by atoms with van der Waals surface area (Å²) in [5, 5.41) is 3.71. The molecule has 1 amide bonds. The number of nitrogens with one attached hydrogen (secondary N) is 1. The molecule has 37 heavy (non-hydrogen) atoms. The van der Waals surface area contributed by atoms with E-state index in [1.165, 1.54) is 0 Å². The molecule has 0 fully saturated rings. The number of carbonyl (C=O) groups is 1. The highest BCUT2D eigenvalue weighted by molar-refractivity contribution is 6.42. The van der Waals surface area contributed by atoms with Crippen molar-refractivity contribution in [3.8, 4) is 33.9 Å². The Kier molecular flexibility index (Phi) is 6.01. The van der Waals surface area contributed by atoms with Gasteiger partial charge in [-0.2, -0.15) is 0 Å². The molecular weight excluding hydrogens is 507 g/mol. The number of hydrogen-bond acceptors (Lipinski definition) is 4. The second-order valence-electron chi connectivity index (χ2n) is 8.39. The number of anilines is 1. The monoisotopic (exact) mass is 524 g/mol. The van der Waals surface area contributed by atoms with Gasteiger partial charge in [-0.25, -0.2) is 4.98 Å². The van der Waals surface area contributed by atoms with Gasteiger partial charge in [0.2, 0.25) is 5.89 Å². The van der Waals surface area contributed by atoms with E-state index < -0.39 is 0 Å². The average molecular weight is 525 g/mol. The molecule has 0 unspecified atom stereocenters. The molecule has 2 aromatic heterocycles. The van der Waals surface area contributed by atoms with Gasteiger partial charge < -0.3 is 14.2 Å². The van der Waals surface area contributed by atoms with Gasteiger partial charge in [0.05, 0.1) is 10.0 Å². The second kappa shape index (κ2) is 9.62. The molecule has 1 N–H and O–H groups in total. The van der Waals surface area contributed by atoms with Crippen LogP contribution in [-0.2, 0) is 0 Å². The van der Waals surface area contributed by atoms with E-state index in [0.717, 1.165) is 22.3 Å². The number of oxazole rings is 1. The van der Waals surface area contributed by atoms with E-state index >= 15 is 0 Å². The lowest BCUT2D eigenvalue weighted by atomic mass is 10.0. The highest BCUT2D eigenvalue weighted by Crippen LogP contribution is 2.31. The van der Waals surface area contributed by atoms with Crippen molar-refractivity contribution < 1.29 is 13.6 Å². The van der Waals surface area contributed by atoms with Crippen molar-refractivity contribution in [2.24, 2.45) is 0 Å². The first-order valence-corrected chi connectivity index (χ1v) is 12.2. The molecule has 0 atom stereocenters. The van der Waals surface area contributed by atoms with Crippen molar-refractivity contribution in [2.45, 2.75) is 0 Å². The highest BCUT2D eigenvalue weighted by atomic mass is 35.5. The lowest BCUT2D eigenvalue weighted by Crippen LogP contribution is -2.10. The van der Waals surface area contributed by atoms with Gasteiger partial charge in [0.1, 0.15) is 11.3 Å². The Morgan fingerprint density at radius 2 is 1.41 bits per heavy atom. The third-order valence-corrected chi connectivity index (χ3v) is 6.66. The van der Waals surface area contributed by atoms with E-state index in [2.05, 4.69) is 22.4 Å². The first-order valence-electron chi connectivity index (χ1n) is 11.5. The minimum atomic E-state index is -0.383. The van der Waals surface area contributed by atoms with Crippen molar-refractivity contribution in [1.29, 1.82) is 0 Å². The zero-order valence-corrected chi connectivity index (χ0v) is 20.8. The molecule has 0 aliphatic rings. The molecule has 7 heteroatoms. The molecular formula is C30H18Cl2N2O3. The zero-order valence-electron chi connectivity index (χ0n) is 19.2. The van der Waals surface area contributed by atoms with Gasteiger partial charge in [-0.05, 0) is 71.8 Å². The number of furan rings is 1. The Labute approximate surface area is 222 Å². The zero-order chi connectivity index (χ0) is 25.4. The van der Waals surface area contributed by atoms with Gasteiger partial charge in [0.15, 0.2) is 11.3 Å². The first kappa shape index (κ1) is 23.1. The predicted octanol–water partition coefficient (Wildman–Crippen LogP) is 8.98. The summed E-state index contributed by atoms with van der Waals surface area (Å²) in [6.07, 6.45) is 0. The fourth-order valence-corrected chi connectivity index (χ4v) is 4.32. The van der Waals surface area contributed by atoms with Crippen LogP contribution in [0.1, 0.15) is 10.6 Å². The van der Waals surface area contributed by atoms with Crippen molar-refractivity contribution in [1.82, 2.24) is 4.98 Å². The molecule has 0 spiro atoms. The molecule has 0 bridgehead atoms. The van der Waals surface area contributed by atoms with Crippen LogP contribution in [0.2, 0.25) is 10.0 Å². The molecule has 6 rings (SSSR count). The van der Waals surface area contributed by atoms with E-state index in [0.29, 0.717) is 38.5 Å². The number of halogens is 2. The van der Waals surface area contributed by atoms with Gasteiger partial charge in [-0.1, -0.05) is 65.7 Å². The Balaban J connectivity index is 1.19. The fourth-order valence-electron chi connectivity index (χ4n) is 4.02. The van der Waals surface area contributed by atoms with Crippen molar-refractivity contribution in [3.05, 3.63) is 119 Å². The van der Waals surface area contributed by atoms with Gasteiger partial charge in [-0.3, -0.25) is 4.79 Å².